The van der Waals surface area contributed by atoms with Crippen LogP contribution in [0.25, 0.3) is 0 Å². The first-order valence-electron chi connectivity index (χ1n) is 3.78. The third-order valence-electron chi connectivity index (χ3n) is 1.42. The molecule has 0 bridgehead atoms. The Bertz CT molecular complexity index is 151. The van der Waals surface area contributed by atoms with Gasteiger partial charge in [-0.2, -0.15) is 13.2 Å². The van der Waals surface area contributed by atoms with Crippen LogP contribution in [-0.2, 0) is 0 Å². The quantitative estimate of drug-likeness (QED) is 0.664. The van der Waals surface area contributed by atoms with Gasteiger partial charge in [0.1, 0.15) is 0 Å². The Morgan fingerprint density at radius 1 is 1.42 bits per heavy atom. The van der Waals surface area contributed by atoms with E-state index in [0.29, 0.717) is 12.1 Å². The number of nitrogens with zero attached hydrogens (tertiary/aromatic N) is 1. The molecule has 0 amide bonds. The molecule has 0 saturated heterocycles. The summed E-state index contributed by atoms with van der Waals surface area (Å²) in [4.78, 5) is 3.74. The van der Waals surface area contributed by atoms with E-state index in [0.717, 1.165) is 0 Å². The van der Waals surface area contributed by atoms with E-state index in [1.54, 1.807) is 6.92 Å². The number of nitrogens with two attached hydrogens (primary N) is 1. The molecule has 0 radical (unpaired) electrons. The molecule has 12 heavy (non-hydrogen) atoms. The van der Waals surface area contributed by atoms with Crippen molar-refractivity contribution in [3.05, 3.63) is 0 Å². The first-order valence-corrected chi connectivity index (χ1v) is 3.78. The Hall–Kier alpha value is -0.580. The van der Waals surface area contributed by atoms with E-state index in [1.807, 2.05) is 0 Å². The van der Waals surface area contributed by atoms with Crippen molar-refractivity contribution in [2.45, 2.75) is 32.4 Å². The first kappa shape index (κ1) is 11.4. The van der Waals surface area contributed by atoms with Crippen LogP contribution in [0.1, 0.15) is 26.2 Å². The summed E-state index contributed by atoms with van der Waals surface area (Å²) in [6.45, 7) is 1.84. The number of hydrogen-bond donors (Lipinski definition) is 1. The van der Waals surface area contributed by atoms with Crippen molar-refractivity contribution in [3.8, 4) is 0 Å². The molecule has 0 aromatic carbocycles. The molecule has 72 valence electrons. The van der Waals surface area contributed by atoms with Gasteiger partial charge in [-0.15, -0.1) is 0 Å². The summed E-state index contributed by atoms with van der Waals surface area (Å²) in [6, 6.07) is 0. The maximum Gasteiger partial charge on any atom is 0.389 e. The molecule has 2 N–H and O–H groups in total. The summed E-state index contributed by atoms with van der Waals surface area (Å²) in [6.07, 6.45) is -4.39. The predicted molar refractivity (Wildman–Crippen MR) is 42.1 cm³/mol. The molecular formula is C7H13F3N2. The van der Waals surface area contributed by atoms with E-state index in [-0.39, 0.29) is 13.1 Å². The second-order valence-electron chi connectivity index (χ2n) is 2.38. The molecule has 0 unspecified atom stereocenters. The van der Waals surface area contributed by atoms with Crippen molar-refractivity contribution >= 4 is 5.71 Å². The van der Waals surface area contributed by atoms with E-state index >= 15 is 0 Å². The van der Waals surface area contributed by atoms with Gasteiger partial charge >= 0.3 is 6.18 Å². The largest absolute Gasteiger partial charge is 0.389 e. The third-order valence-corrected chi connectivity index (χ3v) is 1.42. The fourth-order valence-corrected chi connectivity index (χ4v) is 0.783. The molecule has 0 aliphatic rings. The van der Waals surface area contributed by atoms with E-state index in [1.165, 1.54) is 0 Å². The van der Waals surface area contributed by atoms with Crippen molar-refractivity contribution < 1.29 is 13.2 Å². The van der Waals surface area contributed by atoms with Gasteiger partial charge in [0.05, 0.1) is 6.67 Å². The molecule has 0 heterocycles. The normalized spacial score (nSPS) is 13.6. The zero-order valence-corrected chi connectivity index (χ0v) is 6.99. The molecule has 0 saturated carbocycles. The van der Waals surface area contributed by atoms with Crippen LogP contribution in [0.2, 0.25) is 0 Å². The smallest absolute Gasteiger partial charge is 0.312 e. The number of halogens is 3. The van der Waals surface area contributed by atoms with E-state index < -0.39 is 12.6 Å². The average molecular weight is 182 g/mol. The Morgan fingerprint density at radius 3 is 2.33 bits per heavy atom. The second-order valence-corrected chi connectivity index (χ2v) is 2.38. The molecule has 0 aliphatic heterocycles. The van der Waals surface area contributed by atoms with Gasteiger partial charge in [-0.25, -0.2) is 0 Å². The summed E-state index contributed by atoms with van der Waals surface area (Å²) in [7, 11) is 0. The van der Waals surface area contributed by atoms with Gasteiger partial charge in [-0.1, -0.05) is 6.92 Å². The topological polar surface area (TPSA) is 38.4 Å². The van der Waals surface area contributed by atoms with Crippen molar-refractivity contribution in [2.75, 3.05) is 6.67 Å². The van der Waals surface area contributed by atoms with Crippen molar-refractivity contribution in [1.82, 2.24) is 0 Å². The van der Waals surface area contributed by atoms with Gasteiger partial charge in [-0.3, -0.25) is 4.99 Å². The molecule has 0 aromatic heterocycles. The van der Waals surface area contributed by atoms with Gasteiger partial charge in [0.25, 0.3) is 0 Å². The number of rotatable bonds is 4. The summed E-state index contributed by atoms with van der Waals surface area (Å²) in [5.41, 5.74) is 5.61. The Balaban J connectivity index is 3.81. The first-order chi connectivity index (χ1) is 5.49. The fraction of sp³-hybridized carbons (Fsp3) is 0.857. The molecule has 0 rings (SSSR count). The second kappa shape index (κ2) is 5.13. The molecule has 0 atom stereocenters. The summed E-state index contributed by atoms with van der Waals surface area (Å²) >= 11 is 0. The lowest BCUT2D eigenvalue weighted by Gasteiger charge is -2.06. The zero-order valence-electron chi connectivity index (χ0n) is 6.99. The van der Waals surface area contributed by atoms with Crippen LogP contribution < -0.4 is 5.73 Å². The summed E-state index contributed by atoms with van der Waals surface area (Å²) < 4.78 is 35.1. The van der Waals surface area contributed by atoms with Gasteiger partial charge in [0.15, 0.2) is 0 Å². The Kier molecular flexibility index (Phi) is 4.89. The molecule has 0 fully saturated rings. The maximum absolute atomic E-state index is 11.7. The molecule has 2 nitrogen and oxygen atoms in total. The van der Waals surface area contributed by atoms with Crippen LogP contribution in [0.4, 0.5) is 13.2 Å². The molecule has 0 aromatic rings. The maximum atomic E-state index is 11.7. The van der Waals surface area contributed by atoms with Crippen molar-refractivity contribution in [2.24, 2.45) is 10.7 Å². The van der Waals surface area contributed by atoms with Crippen LogP contribution in [0.5, 0.6) is 0 Å². The van der Waals surface area contributed by atoms with Crippen LogP contribution in [0.15, 0.2) is 4.99 Å². The summed E-state index contributed by atoms with van der Waals surface area (Å²) in [5, 5.41) is 0. The lowest BCUT2D eigenvalue weighted by Crippen LogP contribution is -2.11. The fourth-order valence-electron chi connectivity index (χ4n) is 0.783. The molecular weight excluding hydrogens is 169 g/mol. The van der Waals surface area contributed by atoms with Crippen LogP contribution in [-0.4, -0.2) is 18.6 Å². The number of alkyl halides is 3. The summed E-state index contributed by atoms with van der Waals surface area (Å²) in [5.74, 6) is 0. The van der Waals surface area contributed by atoms with Crippen LogP contribution in [0, 0.1) is 0 Å². The highest BCUT2D eigenvalue weighted by molar-refractivity contribution is 5.84. The molecule has 5 heteroatoms. The highest BCUT2D eigenvalue weighted by Gasteiger charge is 2.26. The lowest BCUT2D eigenvalue weighted by atomic mass is 10.1. The molecule has 0 aliphatic carbocycles. The van der Waals surface area contributed by atoms with Crippen molar-refractivity contribution in [1.29, 1.82) is 0 Å². The van der Waals surface area contributed by atoms with Gasteiger partial charge < -0.3 is 5.73 Å². The van der Waals surface area contributed by atoms with E-state index in [9.17, 15) is 13.2 Å². The minimum atomic E-state index is -4.09. The molecule has 0 spiro atoms. The SMILES string of the molecule is CCC(CCC(F)(F)F)=NCN. The van der Waals surface area contributed by atoms with Crippen LogP contribution in [0.3, 0.4) is 0 Å². The zero-order chi connectivity index (χ0) is 9.61. The standard InChI is InChI=1S/C7H13F3N2/c1-2-6(12-5-11)3-4-7(8,9)10/h2-5,11H2,1H3. The highest BCUT2D eigenvalue weighted by atomic mass is 19.4. The Morgan fingerprint density at radius 2 is 2.00 bits per heavy atom. The van der Waals surface area contributed by atoms with Crippen molar-refractivity contribution in [3.63, 3.8) is 0 Å². The monoisotopic (exact) mass is 182 g/mol. The third kappa shape index (κ3) is 6.15. The number of aliphatic imine (C=N–C) groups is 1. The minimum Gasteiger partial charge on any atom is -0.312 e. The minimum absolute atomic E-state index is 0.0306. The van der Waals surface area contributed by atoms with E-state index in [4.69, 9.17) is 5.73 Å². The Labute approximate surface area is 69.7 Å². The predicted octanol–water partition coefficient (Wildman–Crippen LogP) is 2.10. The number of hydrogen-bond acceptors (Lipinski definition) is 2. The van der Waals surface area contributed by atoms with E-state index in [2.05, 4.69) is 4.99 Å². The van der Waals surface area contributed by atoms with Gasteiger partial charge in [0.2, 0.25) is 0 Å². The average Bonchev–Trinajstić information content (AvgIpc) is 1.96. The lowest BCUT2D eigenvalue weighted by molar-refractivity contribution is -0.132. The van der Waals surface area contributed by atoms with Gasteiger partial charge in [0, 0.05) is 12.1 Å². The highest BCUT2D eigenvalue weighted by Crippen LogP contribution is 2.21. The van der Waals surface area contributed by atoms with Gasteiger partial charge in [-0.05, 0) is 12.8 Å². The van der Waals surface area contributed by atoms with Crippen LogP contribution >= 0.6 is 0 Å².